The van der Waals surface area contributed by atoms with Crippen molar-refractivity contribution in [1.82, 2.24) is 14.9 Å². The number of rotatable bonds is 6. The summed E-state index contributed by atoms with van der Waals surface area (Å²) in [6.07, 6.45) is 1.81. The van der Waals surface area contributed by atoms with Crippen LogP contribution < -0.4 is 9.80 Å². The van der Waals surface area contributed by atoms with E-state index in [-0.39, 0.29) is 5.91 Å². The van der Waals surface area contributed by atoms with Crippen molar-refractivity contribution < 1.29 is 4.79 Å². The maximum absolute atomic E-state index is 13.0. The molecule has 1 aromatic heterocycles. The van der Waals surface area contributed by atoms with Crippen molar-refractivity contribution in [3.05, 3.63) is 72.4 Å². The Morgan fingerprint density at radius 1 is 0.969 bits per heavy atom. The standard InChI is InChI=1S/C26H31N5O/c1-4-31(20(2)3)23-12-10-22(11-13-23)26(32)30-18-16-29(17-19-30)24-14-15-27-25(28-24)21-8-6-5-7-9-21/h5-15,20H,4,16-19H2,1-3H3. The van der Waals surface area contributed by atoms with Crippen LogP contribution in [0.2, 0.25) is 0 Å². The van der Waals surface area contributed by atoms with Crippen LogP contribution in [0.4, 0.5) is 11.5 Å². The second-order valence-corrected chi connectivity index (χ2v) is 8.31. The van der Waals surface area contributed by atoms with Gasteiger partial charge in [0.15, 0.2) is 5.82 Å². The Morgan fingerprint density at radius 3 is 2.28 bits per heavy atom. The zero-order valence-electron chi connectivity index (χ0n) is 19.1. The first-order valence-corrected chi connectivity index (χ1v) is 11.4. The van der Waals surface area contributed by atoms with Crippen molar-refractivity contribution in [3.8, 4) is 11.4 Å². The molecule has 0 bridgehead atoms. The number of amides is 1. The molecule has 0 unspecified atom stereocenters. The van der Waals surface area contributed by atoms with Gasteiger partial charge >= 0.3 is 0 Å². The second kappa shape index (κ2) is 9.81. The third-order valence-electron chi connectivity index (χ3n) is 5.97. The lowest BCUT2D eigenvalue weighted by Gasteiger charge is -2.35. The molecule has 3 aromatic rings. The van der Waals surface area contributed by atoms with Gasteiger partial charge in [-0.15, -0.1) is 0 Å². The van der Waals surface area contributed by atoms with Gasteiger partial charge in [-0.3, -0.25) is 4.79 Å². The topological polar surface area (TPSA) is 52.6 Å². The molecule has 6 heteroatoms. The smallest absolute Gasteiger partial charge is 0.253 e. The number of benzene rings is 2. The Balaban J connectivity index is 1.39. The summed E-state index contributed by atoms with van der Waals surface area (Å²) in [5.74, 6) is 1.73. The molecule has 1 fully saturated rings. The van der Waals surface area contributed by atoms with Crippen molar-refractivity contribution >= 4 is 17.4 Å². The van der Waals surface area contributed by atoms with Crippen molar-refractivity contribution in [2.45, 2.75) is 26.8 Å². The predicted octanol–water partition coefficient (Wildman–Crippen LogP) is 4.34. The van der Waals surface area contributed by atoms with Crippen LogP contribution in [-0.2, 0) is 0 Å². The predicted molar refractivity (Wildman–Crippen MR) is 130 cm³/mol. The number of anilines is 2. The Kier molecular flexibility index (Phi) is 6.69. The lowest BCUT2D eigenvalue weighted by molar-refractivity contribution is 0.0746. The Hall–Kier alpha value is -3.41. The summed E-state index contributed by atoms with van der Waals surface area (Å²) in [6.45, 7) is 10.3. The third kappa shape index (κ3) is 4.74. The highest BCUT2D eigenvalue weighted by molar-refractivity contribution is 5.94. The molecule has 2 aromatic carbocycles. The first kappa shape index (κ1) is 21.8. The van der Waals surface area contributed by atoms with E-state index in [0.29, 0.717) is 19.1 Å². The molecular weight excluding hydrogens is 398 g/mol. The highest BCUT2D eigenvalue weighted by Crippen LogP contribution is 2.21. The Labute approximate surface area is 190 Å². The first-order valence-electron chi connectivity index (χ1n) is 11.4. The lowest BCUT2D eigenvalue weighted by Crippen LogP contribution is -2.49. The zero-order chi connectivity index (χ0) is 22.5. The van der Waals surface area contributed by atoms with E-state index in [4.69, 9.17) is 4.98 Å². The van der Waals surface area contributed by atoms with Gasteiger partial charge in [0, 0.05) is 61.8 Å². The van der Waals surface area contributed by atoms with E-state index in [0.717, 1.165) is 48.1 Å². The van der Waals surface area contributed by atoms with Gasteiger partial charge in [0.1, 0.15) is 5.82 Å². The average Bonchev–Trinajstić information content (AvgIpc) is 2.85. The molecule has 1 aliphatic rings. The van der Waals surface area contributed by atoms with Gasteiger partial charge < -0.3 is 14.7 Å². The van der Waals surface area contributed by atoms with E-state index in [2.05, 4.69) is 47.7 Å². The fourth-order valence-corrected chi connectivity index (χ4v) is 4.21. The molecule has 0 spiro atoms. The lowest BCUT2D eigenvalue weighted by atomic mass is 10.1. The third-order valence-corrected chi connectivity index (χ3v) is 5.97. The summed E-state index contributed by atoms with van der Waals surface area (Å²) in [5, 5.41) is 0. The molecule has 4 rings (SSSR count). The van der Waals surface area contributed by atoms with E-state index >= 15 is 0 Å². The van der Waals surface area contributed by atoms with Crippen LogP contribution in [0.25, 0.3) is 11.4 Å². The van der Waals surface area contributed by atoms with Crippen molar-refractivity contribution in [1.29, 1.82) is 0 Å². The highest BCUT2D eigenvalue weighted by atomic mass is 16.2. The van der Waals surface area contributed by atoms with Crippen molar-refractivity contribution in [3.63, 3.8) is 0 Å². The number of hydrogen-bond donors (Lipinski definition) is 0. The molecule has 1 saturated heterocycles. The minimum absolute atomic E-state index is 0.0939. The summed E-state index contributed by atoms with van der Waals surface area (Å²) in [4.78, 5) is 28.7. The van der Waals surface area contributed by atoms with Crippen LogP contribution in [0.5, 0.6) is 0 Å². The van der Waals surface area contributed by atoms with E-state index in [9.17, 15) is 4.79 Å². The maximum atomic E-state index is 13.0. The molecule has 32 heavy (non-hydrogen) atoms. The summed E-state index contributed by atoms with van der Waals surface area (Å²) < 4.78 is 0. The number of aromatic nitrogens is 2. The fraction of sp³-hybridized carbons (Fsp3) is 0.346. The molecule has 6 nitrogen and oxygen atoms in total. The summed E-state index contributed by atoms with van der Waals surface area (Å²) in [7, 11) is 0. The second-order valence-electron chi connectivity index (χ2n) is 8.31. The van der Waals surface area contributed by atoms with E-state index in [1.165, 1.54) is 0 Å². The molecule has 2 heterocycles. The molecule has 0 saturated carbocycles. The van der Waals surface area contributed by atoms with Crippen LogP contribution in [0.1, 0.15) is 31.1 Å². The highest BCUT2D eigenvalue weighted by Gasteiger charge is 2.23. The van der Waals surface area contributed by atoms with Crippen LogP contribution >= 0.6 is 0 Å². The minimum atomic E-state index is 0.0939. The molecule has 0 aliphatic carbocycles. The number of hydrogen-bond acceptors (Lipinski definition) is 5. The largest absolute Gasteiger partial charge is 0.369 e. The quantitative estimate of drug-likeness (QED) is 0.583. The number of carbonyl (C=O) groups excluding carboxylic acids is 1. The average molecular weight is 430 g/mol. The van der Waals surface area contributed by atoms with Crippen molar-refractivity contribution in [2.24, 2.45) is 0 Å². The van der Waals surface area contributed by atoms with Gasteiger partial charge in [0.05, 0.1) is 0 Å². The zero-order valence-corrected chi connectivity index (χ0v) is 19.1. The van der Waals surface area contributed by atoms with Gasteiger partial charge in [-0.2, -0.15) is 0 Å². The Bertz CT molecular complexity index is 1030. The van der Waals surface area contributed by atoms with Gasteiger partial charge in [0.2, 0.25) is 0 Å². The molecule has 0 atom stereocenters. The number of carbonyl (C=O) groups is 1. The number of piperazine rings is 1. The normalized spacial score (nSPS) is 14.0. The fourth-order valence-electron chi connectivity index (χ4n) is 4.21. The van der Waals surface area contributed by atoms with Crippen molar-refractivity contribution in [2.75, 3.05) is 42.5 Å². The molecule has 0 radical (unpaired) electrons. The van der Waals surface area contributed by atoms with Crippen LogP contribution in [0.3, 0.4) is 0 Å². The van der Waals surface area contributed by atoms with Gasteiger partial charge in [-0.1, -0.05) is 30.3 Å². The maximum Gasteiger partial charge on any atom is 0.253 e. The molecule has 1 aliphatic heterocycles. The van der Waals surface area contributed by atoms with E-state index in [1.54, 1.807) is 6.20 Å². The summed E-state index contributed by atoms with van der Waals surface area (Å²) in [5.41, 5.74) is 2.91. The summed E-state index contributed by atoms with van der Waals surface area (Å²) >= 11 is 0. The van der Waals surface area contributed by atoms with Crippen LogP contribution in [-0.4, -0.2) is 59.5 Å². The van der Waals surface area contributed by atoms with Gasteiger partial charge in [-0.05, 0) is 51.1 Å². The molecule has 166 valence electrons. The number of nitrogens with zero attached hydrogens (tertiary/aromatic N) is 5. The Morgan fingerprint density at radius 2 is 1.66 bits per heavy atom. The van der Waals surface area contributed by atoms with Crippen LogP contribution in [0.15, 0.2) is 66.9 Å². The van der Waals surface area contributed by atoms with Gasteiger partial charge in [0.25, 0.3) is 5.91 Å². The molecule has 0 N–H and O–H groups in total. The first-order chi connectivity index (χ1) is 15.6. The monoisotopic (exact) mass is 429 g/mol. The molecular formula is C26H31N5O. The summed E-state index contributed by atoms with van der Waals surface area (Å²) in [6, 6.07) is 20.4. The SMILES string of the molecule is CCN(c1ccc(C(=O)N2CCN(c3ccnc(-c4ccccc4)n3)CC2)cc1)C(C)C. The minimum Gasteiger partial charge on any atom is -0.369 e. The van der Waals surface area contributed by atoms with E-state index < -0.39 is 0 Å². The molecule has 1 amide bonds. The van der Waals surface area contributed by atoms with E-state index in [1.807, 2.05) is 53.4 Å². The van der Waals surface area contributed by atoms with Crippen LogP contribution in [0, 0.1) is 0 Å². The van der Waals surface area contributed by atoms with Gasteiger partial charge in [-0.25, -0.2) is 9.97 Å².